The molecule has 34 nitrogen and oxygen atoms in total. The number of ether oxygens (including phenoxy) is 10. The van der Waals surface area contributed by atoms with E-state index in [1.165, 1.54) is 21.1 Å². The highest BCUT2D eigenvalue weighted by Crippen LogP contribution is 2.54. The van der Waals surface area contributed by atoms with E-state index < -0.39 is 197 Å². The van der Waals surface area contributed by atoms with Crippen molar-refractivity contribution >= 4 is 91.0 Å². The summed E-state index contributed by atoms with van der Waals surface area (Å²) >= 11 is 16.0. The van der Waals surface area contributed by atoms with Gasteiger partial charge >= 0.3 is 6.72 Å². The molecule has 508 valence electrons. The molecule has 0 bridgehead atoms. The molecule has 0 aromatic carbocycles. The minimum absolute atomic E-state index is 0.0287. The summed E-state index contributed by atoms with van der Waals surface area (Å²) in [5, 5.41) is 85.1. The summed E-state index contributed by atoms with van der Waals surface area (Å²) in [5.74, 6) is -1.08. The van der Waals surface area contributed by atoms with Crippen molar-refractivity contribution in [2.45, 2.75) is 191 Å². The third kappa shape index (κ3) is 20.6. The normalized spacial score (nSPS) is 40.6. The molecule has 27 atom stereocenters. The molecule has 5 heterocycles. The average molecular weight is 1390 g/mol. The van der Waals surface area contributed by atoms with Crippen molar-refractivity contribution in [3.63, 3.8) is 0 Å². The third-order valence-corrected chi connectivity index (χ3v) is 21.2. The van der Waals surface area contributed by atoms with Gasteiger partial charge in [-0.15, -0.1) is 0 Å². The monoisotopic (exact) mass is 1390 g/mol. The molecule has 0 aromatic heterocycles. The van der Waals surface area contributed by atoms with Crippen LogP contribution < -0.4 is 43.4 Å². The van der Waals surface area contributed by atoms with Crippen LogP contribution >= 0.6 is 20.2 Å². The zero-order valence-electron chi connectivity index (χ0n) is 49.9. The Hall–Kier alpha value is -0.435. The number of hydrogen-bond acceptors (Lipinski definition) is 33. The van der Waals surface area contributed by atoms with Crippen molar-refractivity contribution in [2.24, 2.45) is 32.9 Å². The Morgan fingerprint density at radius 1 is 0.652 bits per heavy atom. The molecular formula is C46H84B3N8O26P3S3-2. The summed E-state index contributed by atoms with van der Waals surface area (Å²) < 4.78 is 99.1. The lowest BCUT2D eigenvalue weighted by molar-refractivity contribution is -0.319. The molecule has 5 saturated heterocycles. The third-order valence-electron chi connectivity index (χ3n) is 15.6. The van der Waals surface area contributed by atoms with Crippen LogP contribution in [0.5, 0.6) is 0 Å². The van der Waals surface area contributed by atoms with E-state index in [-0.39, 0.29) is 72.1 Å². The second-order valence-electron chi connectivity index (χ2n) is 22.2. The topological polar surface area (TPSA) is 498 Å². The Morgan fingerprint density at radius 2 is 1.18 bits per heavy atom. The second kappa shape index (κ2) is 34.2. The maximum atomic E-state index is 13.4. The lowest BCUT2D eigenvalue weighted by atomic mass is 9.75. The van der Waals surface area contributed by atoms with E-state index in [0.29, 0.717) is 0 Å². The average Bonchev–Trinajstić information content (AvgIpc) is 1.68. The van der Waals surface area contributed by atoms with E-state index in [9.17, 15) is 45.5 Å². The minimum atomic E-state index is -4.19. The van der Waals surface area contributed by atoms with Crippen molar-refractivity contribution in [3.8, 4) is 0 Å². The van der Waals surface area contributed by atoms with Gasteiger partial charge in [-0.2, -0.15) is 0 Å². The molecule has 1 aliphatic carbocycles. The van der Waals surface area contributed by atoms with Crippen LogP contribution in [-0.2, 0) is 114 Å². The van der Waals surface area contributed by atoms with Crippen molar-refractivity contribution < 1.29 is 125 Å². The summed E-state index contributed by atoms with van der Waals surface area (Å²) in [5.41, 5.74) is 19.0. The number of nitrogens with zero attached hydrogens (tertiary/aromatic N) is 2. The maximum Gasteiger partial charge on any atom is 0.327 e. The molecule has 0 spiro atoms. The van der Waals surface area contributed by atoms with Gasteiger partial charge in [0, 0.05) is 44.3 Å². The van der Waals surface area contributed by atoms with Crippen LogP contribution in [0.4, 0.5) is 0 Å². The van der Waals surface area contributed by atoms with Gasteiger partial charge in [0.15, 0.2) is 24.5 Å². The van der Waals surface area contributed by atoms with Gasteiger partial charge < -0.3 is 158 Å². The predicted molar refractivity (Wildman–Crippen MR) is 322 cm³/mol. The van der Waals surface area contributed by atoms with Gasteiger partial charge in [-0.1, -0.05) is 23.6 Å². The number of aliphatic hydroxyl groups excluding tert-OH is 6. The molecule has 0 amide bonds. The smallest absolute Gasteiger partial charge is 0.327 e. The first-order chi connectivity index (χ1) is 41.7. The van der Waals surface area contributed by atoms with Gasteiger partial charge in [-0.25, -0.2) is 9.98 Å². The lowest BCUT2D eigenvalue weighted by Crippen LogP contribution is -2.71. The van der Waals surface area contributed by atoms with Gasteiger partial charge in [0.2, 0.25) is 0 Å². The van der Waals surface area contributed by atoms with E-state index in [1.54, 1.807) is 13.8 Å². The first-order valence-corrected chi connectivity index (χ1v) is 36.0. The highest BCUT2D eigenvalue weighted by atomic mass is 32.5. The summed E-state index contributed by atoms with van der Waals surface area (Å²) in [6.45, 7) is -8.78. The first-order valence-electron chi connectivity index (χ1n) is 28.3. The molecule has 1 saturated carbocycles. The molecule has 6 aliphatic rings. The van der Waals surface area contributed by atoms with E-state index in [1.807, 2.05) is 0 Å². The van der Waals surface area contributed by atoms with Crippen molar-refractivity contribution in [2.75, 3.05) is 87.3 Å². The summed E-state index contributed by atoms with van der Waals surface area (Å²) in [7, 11) is 22.2. The van der Waals surface area contributed by atoms with E-state index in [2.05, 4.69) is 20.6 Å². The molecule has 17 N–H and O–H groups in total. The Bertz CT molecular complexity index is 2450. The summed E-state index contributed by atoms with van der Waals surface area (Å²) in [6, 6.07) is -6.73. The van der Waals surface area contributed by atoms with Crippen LogP contribution in [-0.4, -0.2) is 310 Å². The molecule has 89 heavy (non-hydrogen) atoms. The van der Waals surface area contributed by atoms with Crippen LogP contribution in [0.2, 0.25) is 0 Å². The number of aliphatic imine (C=N–C) groups is 2. The molecule has 5 aliphatic heterocycles. The highest BCUT2D eigenvalue weighted by Gasteiger charge is 2.66. The molecule has 43 heteroatoms. The largest absolute Gasteiger partial charge is 0.780 e. The van der Waals surface area contributed by atoms with Gasteiger partial charge in [-0.3, -0.25) is 0 Å². The second-order valence-corrected chi connectivity index (χ2v) is 30.7. The van der Waals surface area contributed by atoms with E-state index >= 15 is 0 Å². The van der Waals surface area contributed by atoms with E-state index in [0.717, 1.165) is 7.11 Å². The number of guanidine groups is 2. The Balaban J connectivity index is 1.08. The zero-order chi connectivity index (χ0) is 66.0. The minimum Gasteiger partial charge on any atom is -0.780 e. The molecule has 6 radical (unpaired) electrons. The fraction of sp³-hybridized carbons (Fsp3) is 0.957. The number of hydrogen-bond donors (Lipinski definition) is 13. The van der Waals surface area contributed by atoms with Crippen LogP contribution in [0.1, 0.15) is 40.0 Å². The summed E-state index contributed by atoms with van der Waals surface area (Å²) in [4.78, 5) is 33.9. The quantitative estimate of drug-likeness (QED) is 0.00921. The number of likely N-dealkylation sites (N-methyl/N-ethyl adjacent to an activating group) is 1. The van der Waals surface area contributed by atoms with Crippen LogP contribution in [0.3, 0.4) is 0 Å². The van der Waals surface area contributed by atoms with Crippen LogP contribution in [0.25, 0.3) is 0 Å². The fourth-order valence-electron chi connectivity index (χ4n) is 11.0. The number of methoxy groups -OCH3 is 1. The number of rotatable bonds is 35. The standard InChI is InChI=1S/C46H86B3N8O26P3S3/c1-20-46(64,40(80-41-33(54-4)37(62)34(59)24(16-58)78-41)42(74-20)79-39-32(57-44(52)53)35(60)31(56-43(50)51)36(61)38(39)63)45(2,3)55-7-8-69-9-10-70-11-12-71-86(89,73-19-27-22(14-29(48)77-27)81-84(65,87)68-6)83-23-15-30(49)76-26(23)18-72-85(66,88)82-21-13-28(47)75-25(21)17-67-5/h20-42,54-55,58-64H,7-19H2,1-6H3,(H,65,87)(H,66,88)(H4,50,51,56)(H4,52,53,57)/p-2. The van der Waals surface area contributed by atoms with Crippen LogP contribution in [0.15, 0.2) is 9.98 Å². The maximum absolute atomic E-state index is 13.4. The zero-order valence-corrected chi connectivity index (χ0v) is 55.0. The SMILES string of the molecule is [B]C1CC(OP([O-])(=S)OC)C(COP(=S)(OCCOCCOCCNC(C)(C)C2(O)C(C)OC(OC3C(O)C(O)C(N=C(N)N)C(O)C3N=C(N)N)C2OC2OC(CO)C(O)C(O)C2NC)OC2CC([B])OC2COP([O-])(=S)OC2CC([B])OC2COC)O1. The van der Waals surface area contributed by atoms with Gasteiger partial charge in [0.05, 0.1) is 89.9 Å². The number of nitrogens with one attached hydrogen (secondary N) is 2. The lowest BCUT2D eigenvalue weighted by Gasteiger charge is -2.49. The van der Waals surface area contributed by atoms with Gasteiger partial charge in [0.25, 0.3) is 0 Å². The molecule has 27 unspecified atom stereocenters. The molecular weight excluding hydrogens is 1300 g/mol. The Labute approximate surface area is 535 Å². The number of nitrogens with two attached hydrogens (primary N) is 4. The van der Waals surface area contributed by atoms with Crippen LogP contribution in [0, 0.1) is 0 Å². The van der Waals surface area contributed by atoms with Gasteiger partial charge in [-0.05, 0) is 58.9 Å². The van der Waals surface area contributed by atoms with Gasteiger partial charge in [0.1, 0.15) is 122 Å². The van der Waals surface area contributed by atoms with Crippen molar-refractivity contribution in [1.29, 1.82) is 0 Å². The van der Waals surface area contributed by atoms with Crippen molar-refractivity contribution in [1.82, 2.24) is 10.6 Å². The number of aliphatic hydroxyl groups is 7. The first kappa shape index (κ1) is 77.6. The summed E-state index contributed by atoms with van der Waals surface area (Å²) in [6.07, 6.45) is -22.9. The van der Waals surface area contributed by atoms with Crippen molar-refractivity contribution in [3.05, 3.63) is 0 Å². The molecule has 6 rings (SSSR count). The molecule has 6 fully saturated rings. The Morgan fingerprint density at radius 3 is 1.73 bits per heavy atom. The predicted octanol–water partition coefficient (Wildman–Crippen LogP) is -8.22. The Kier molecular flexibility index (Phi) is 29.8. The fourth-order valence-corrected chi connectivity index (χ4v) is 15.6. The highest BCUT2D eigenvalue weighted by molar-refractivity contribution is 8.07. The van der Waals surface area contributed by atoms with E-state index in [4.69, 9.17) is 161 Å². The molecule has 0 aromatic rings.